The fraction of sp³-hybridized carbons (Fsp3) is 0.600. The Balaban J connectivity index is 1.86. The van der Waals surface area contributed by atoms with E-state index in [1.165, 1.54) is 18.2 Å². The van der Waals surface area contributed by atoms with E-state index in [9.17, 15) is 9.59 Å². The predicted octanol–water partition coefficient (Wildman–Crippen LogP) is 2.67. The summed E-state index contributed by atoms with van der Waals surface area (Å²) in [5, 5.41) is 0. The fourth-order valence-corrected chi connectivity index (χ4v) is 4.53. The summed E-state index contributed by atoms with van der Waals surface area (Å²) in [5.41, 5.74) is 2.40. The van der Waals surface area contributed by atoms with Crippen molar-refractivity contribution < 1.29 is 19.1 Å². The van der Waals surface area contributed by atoms with Crippen molar-refractivity contribution in [1.82, 2.24) is 4.90 Å². The maximum Gasteiger partial charge on any atom is 0.320 e. The van der Waals surface area contributed by atoms with Gasteiger partial charge in [-0.2, -0.15) is 0 Å². The van der Waals surface area contributed by atoms with Crippen LogP contribution in [0.2, 0.25) is 0 Å². The molecule has 2 aliphatic heterocycles. The minimum absolute atomic E-state index is 0.0434. The van der Waals surface area contributed by atoms with Crippen molar-refractivity contribution in [3.8, 4) is 0 Å². The molecule has 0 saturated carbocycles. The molecule has 0 unspecified atom stereocenters. The van der Waals surface area contributed by atoms with Gasteiger partial charge in [-0.25, -0.2) is 0 Å². The number of nitrogens with zero attached hydrogens (tertiary/aromatic N) is 1. The number of carbonyl (C=O) groups is 2. The van der Waals surface area contributed by atoms with E-state index in [0.717, 1.165) is 19.3 Å². The molecule has 3 rings (SSSR count). The number of esters is 2. The van der Waals surface area contributed by atoms with Gasteiger partial charge in [0.15, 0.2) is 0 Å². The van der Waals surface area contributed by atoms with E-state index in [4.69, 9.17) is 9.47 Å². The molecule has 4 atom stereocenters. The molecular weight excluding hydrogens is 318 g/mol. The van der Waals surface area contributed by atoms with Crippen LogP contribution in [0.5, 0.6) is 0 Å². The maximum absolute atomic E-state index is 12.6. The van der Waals surface area contributed by atoms with E-state index in [1.54, 1.807) is 0 Å². The number of fused-ring (bicyclic) bond motifs is 2. The van der Waals surface area contributed by atoms with Crippen molar-refractivity contribution in [2.24, 2.45) is 5.92 Å². The van der Waals surface area contributed by atoms with Crippen LogP contribution >= 0.6 is 0 Å². The smallest absolute Gasteiger partial charge is 0.320 e. The molecule has 0 aromatic heterocycles. The van der Waals surface area contributed by atoms with Gasteiger partial charge in [0, 0.05) is 18.0 Å². The van der Waals surface area contributed by atoms with Gasteiger partial charge < -0.3 is 9.47 Å². The Labute approximate surface area is 149 Å². The summed E-state index contributed by atoms with van der Waals surface area (Å²) in [6.07, 6.45) is 2.81. The zero-order chi connectivity index (χ0) is 18.0. The van der Waals surface area contributed by atoms with Gasteiger partial charge in [-0.3, -0.25) is 14.5 Å². The van der Waals surface area contributed by atoms with Crippen molar-refractivity contribution in [2.75, 3.05) is 20.3 Å². The van der Waals surface area contributed by atoms with Crippen molar-refractivity contribution in [1.29, 1.82) is 0 Å². The summed E-state index contributed by atoms with van der Waals surface area (Å²) >= 11 is 0. The first-order chi connectivity index (χ1) is 12.0. The fourth-order valence-electron chi connectivity index (χ4n) is 4.53. The van der Waals surface area contributed by atoms with Crippen LogP contribution in [0, 0.1) is 12.8 Å². The van der Waals surface area contributed by atoms with Gasteiger partial charge in [-0.1, -0.05) is 29.8 Å². The van der Waals surface area contributed by atoms with Crippen LogP contribution in [-0.2, 0) is 19.1 Å². The first kappa shape index (κ1) is 17.9. The van der Waals surface area contributed by atoms with E-state index in [1.807, 2.05) is 6.92 Å². The highest BCUT2D eigenvalue weighted by Crippen LogP contribution is 2.47. The lowest BCUT2D eigenvalue weighted by Crippen LogP contribution is -2.52. The largest absolute Gasteiger partial charge is 0.469 e. The van der Waals surface area contributed by atoms with Crippen LogP contribution in [0.15, 0.2) is 24.3 Å². The normalized spacial score (nSPS) is 28.6. The van der Waals surface area contributed by atoms with Gasteiger partial charge in [0.05, 0.1) is 26.2 Å². The van der Waals surface area contributed by atoms with Gasteiger partial charge in [-0.05, 0) is 38.7 Å². The van der Waals surface area contributed by atoms with E-state index < -0.39 is 0 Å². The second-order valence-corrected chi connectivity index (χ2v) is 7.08. The highest BCUT2D eigenvalue weighted by molar-refractivity contribution is 5.76. The molecule has 2 aliphatic rings. The topological polar surface area (TPSA) is 55.8 Å². The van der Waals surface area contributed by atoms with E-state index in [0.29, 0.717) is 12.6 Å². The van der Waals surface area contributed by atoms with Gasteiger partial charge in [-0.15, -0.1) is 0 Å². The molecule has 0 N–H and O–H groups in total. The van der Waals surface area contributed by atoms with Gasteiger partial charge in [0.25, 0.3) is 0 Å². The number of benzene rings is 1. The molecule has 2 bridgehead atoms. The average molecular weight is 345 g/mol. The highest BCUT2D eigenvalue weighted by Gasteiger charge is 2.51. The lowest BCUT2D eigenvalue weighted by molar-refractivity contribution is -0.154. The van der Waals surface area contributed by atoms with E-state index in [2.05, 4.69) is 36.1 Å². The predicted molar refractivity (Wildman–Crippen MR) is 94.2 cm³/mol. The van der Waals surface area contributed by atoms with Crippen molar-refractivity contribution in [3.05, 3.63) is 35.4 Å². The Morgan fingerprint density at radius 3 is 2.56 bits per heavy atom. The first-order valence-corrected chi connectivity index (χ1v) is 9.11. The van der Waals surface area contributed by atoms with Crippen molar-refractivity contribution >= 4 is 11.9 Å². The van der Waals surface area contributed by atoms with Crippen LogP contribution in [0.4, 0.5) is 0 Å². The zero-order valence-corrected chi connectivity index (χ0v) is 15.2. The standard InChI is InChI=1S/C20H27NO4/c1-4-25-18(22)12-21-15-9-10-17(21)19(20(23)24-3)16(11-15)14-7-5-13(2)6-8-14/h5-8,15-17,19H,4,9-12H2,1-3H3/t15-,16+,17+,19-/m0/s1. The monoisotopic (exact) mass is 345 g/mol. The number of carbonyl (C=O) groups excluding carboxylic acids is 2. The van der Waals surface area contributed by atoms with Gasteiger partial charge in [0.2, 0.25) is 0 Å². The lowest BCUT2D eigenvalue weighted by Gasteiger charge is -2.43. The Morgan fingerprint density at radius 1 is 1.20 bits per heavy atom. The molecule has 1 aromatic rings. The summed E-state index contributed by atoms with van der Waals surface area (Å²) in [6.45, 7) is 4.52. The molecule has 2 fully saturated rings. The molecule has 0 aliphatic carbocycles. The van der Waals surface area contributed by atoms with E-state index in [-0.39, 0.29) is 36.4 Å². The molecule has 0 radical (unpaired) electrons. The number of aryl methyl sites for hydroxylation is 1. The van der Waals surface area contributed by atoms with Crippen LogP contribution in [0.25, 0.3) is 0 Å². The van der Waals surface area contributed by atoms with Crippen LogP contribution in [0.1, 0.15) is 43.2 Å². The number of hydrogen-bond acceptors (Lipinski definition) is 5. The molecule has 0 amide bonds. The third-order valence-electron chi connectivity index (χ3n) is 5.66. The summed E-state index contributed by atoms with van der Waals surface area (Å²) in [7, 11) is 1.45. The minimum atomic E-state index is -0.235. The minimum Gasteiger partial charge on any atom is -0.469 e. The highest BCUT2D eigenvalue weighted by atomic mass is 16.5. The molecule has 5 nitrogen and oxygen atoms in total. The molecule has 0 spiro atoms. The molecule has 5 heteroatoms. The lowest BCUT2D eigenvalue weighted by atomic mass is 9.76. The van der Waals surface area contributed by atoms with Crippen molar-refractivity contribution in [3.63, 3.8) is 0 Å². The number of piperidine rings is 1. The molecule has 25 heavy (non-hydrogen) atoms. The summed E-state index contributed by atoms with van der Waals surface area (Å²) in [4.78, 5) is 26.8. The Kier molecular flexibility index (Phi) is 5.42. The number of hydrogen-bond donors (Lipinski definition) is 0. The number of ether oxygens (including phenoxy) is 2. The summed E-state index contributed by atoms with van der Waals surface area (Å²) in [5.74, 6) is -0.480. The zero-order valence-electron chi connectivity index (χ0n) is 15.2. The summed E-state index contributed by atoms with van der Waals surface area (Å²) < 4.78 is 10.3. The maximum atomic E-state index is 12.6. The Bertz CT molecular complexity index is 627. The molecule has 2 saturated heterocycles. The second kappa shape index (κ2) is 7.56. The third kappa shape index (κ3) is 3.56. The molecule has 2 heterocycles. The Morgan fingerprint density at radius 2 is 1.92 bits per heavy atom. The van der Waals surface area contributed by atoms with Crippen LogP contribution in [0.3, 0.4) is 0 Å². The van der Waals surface area contributed by atoms with Crippen LogP contribution in [-0.4, -0.2) is 49.2 Å². The van der Waals surface area contributed by atoms with Gasteiger partial charge in [0.1, 0.15) is 0 Å². The number of methoxy groups -OCH3 is 1. The van der Waals surface area contributed by atoms with E-state index >= 15 is 0 Å². The molecule has 136 valence electrons. The third-order valence-corrected chi connectivity index (χ3v) is 5.66. The average Bonchev–Trinajstić information content (AvgIpc) is 2.86. The first-order valence-electron chi connectivity index (χ1n) is 9.11. The summed E-state index contributed by atoms with van der Waals surface area (Å²) in [6, 6.07) is 8.79. The molecular formula is C20H27NO4. The SMILES string of the molecule is CCOC(=O)CN1[C@H]2CC[C@@H]1[C@@H](C(=O)OC)[C@@H](c1ccc(C)cc1)C2. The van der Waals surface area contributed by atoms with Gasteiger partial charge >= 0.3 is 11.9 Å². The number of rotatable bonds is 5. The quantitative estimate of drug-likeness (QED) is 0.768. The van der Waals surface area contributed by atoms with Crippen LogP contribution < -0.4 is 0 Å². The van der Waals surface area contributed by atoms with Crippen molar-refractivity contribution in [2.45, 2.75) is 51.1 Å². The molecule has 1 aromatic carbocycles. The second-order valence-electron chi connectivity index (χ2n) is 7.08. The Hall–Kier alpha value is -1.88.